The summed E-state index contributed by atoms with van der Waals surface area (Å²) in [6.07, 6.45) is -4.79. The van der Waals surface area contributed by atoms with Crippen molar-refractivity contribution in [2.24, 2.45) is 0 Å². The Balaban J connectivity index is 0. The van der Waals surface area contributed by atoms with Crippen LogP contribution in [0.4, 0.5) is 19.1 Å². The number of nitrogens with one attached hydrogen (secondary N) is 1. The van der Waals surface area contributed by atoms with Crippen LogP contribution in [0.25, 0.3) is 0 Å². The fourth-order valence-corrected chi connectivity index (χ4v) is 3.27. The molecule has 1 unspecified atom stereocenters. The van der Waals surface area contributed by atoms with Gasteiger partial charge in [-0.05, 0) is 27.2 Å². The van der Waals surface area contributed by atoms with Gasteiger partial charge in [-0.3, -0.25) is 10.1 Å². The molecule has 6 nitrogen and oxygen atoms in total. The number of hydrogen-bond donors (Lipinski definition) is 1. The monoisotopic (exact) mass is 500 g/mol. The Hall–Kier alpha value is -1.26. The van der Waals surface area contributed by atoms with Crippen molar-refractivity contribution in [3.05, 3.63) is 11.8 Å². The maximum absolute atomic E-state index is 12.4. The molecule has 10 heteroatoms. The number of alkyl halides is 3. The first kappa shape index (κ1) is 33.9. The Bertz CT molecular complexity index is 650. The summed E-state index contributed by atoms with van der Waals surface area (Å²) in [7, 11) is 0. The van der Waals surface area contributed by atoms with Gasteiger partial charge in [-0.1, -0.05) is 53.6 Å². The molecule has 0 saturated carbocycles. The summed E-state index contributed by atoms with van der Waals surface area (Å²) in [5.74, 6) is -0.516. The molecule has 0 aliphatic carbocycles. The number of thioether (sulfide) groups is 1. The standard InChI is InChI=1S/C19H31F3N2O4S.2C2H6/c1-7-15(26-8-2)27-12-17(3,4)13-11-14(28-24-13)23-16(25)18(5,6)29-10-9-19(20,21)22;2*1-2/h11,15H,7-10,12H2,1-6H3,(H,23,25);2*1-2H3. The van der Waals surface area contributed by atoms with E-state index < -0.39 is 28.7 Å². The minimum absolute atomic E-state index is 0.138. The van der Waals surface area contributed by atoms with Gasteiger partial charge in [0.05, 0.1) is 23.5 Å². The van der Waals surface area contributed by atoms with E-state index >= 15 is 0 Å². The van der Waals surface area contributed by atoms with Crippen molar-refractivity contribution in [3.8, 4) is 0 Å². The highest BCUT2D eigenvalue weighted by Crippen LogP contribution is 2.31. The molecule has 1 aromatic heterocycles. The summed E-state index contributed by atoms with van der Waals surface area (Å²) in [6, 6.07) is 1.60. The number of hydrogen-bond acceptors (Lipinski definition) is 6. The van der Waals surface area contributed by atoms with Gasteiger partial charge in [-0.2, -0.15) is 13.2 Å². The number of nitrogens with zero attached hydrogens (tertiary/aromatic N) is 1. The van der Waals surface area contributed by atoms with Gasteiger partial charge in [0.25, 0.3) is 0 Å². The SMILES string of the molecule is CC.CC.CCOC(CC)OCC(C)(C)c1cc(NC(=O)C(C)(C)SCCC(F)(F)F)on1. The van der Waals surface area contributed by atoms with E-state index in [0.717, 1.165) is 11.8 Å². The van der Waals surface area contributed by atoms with Crippen molar-refractivity contribution < 1.29 is 32.0 Å². The molecule has 0 bridgehead atoms. The second-order valence-corrected chi connectivity index (χ2v) is 9.46. The summed E-state index contributed by atoms with van der Waals surface area (Å²) in [5, 5.41) is 6.58. The van der Waals surface area contributed by atoms with E-state index in [1.807, 2.05) is 55.4 Å². The van der Waals surface area contributed by atoms with Gasteiger partial charge in [0, 0.05) is 23.8 Å². The van der Waals surface area contributed by atoms with E-state index in [0.29, 0.717) is 25.3 Å². The summed E-state index contributed by atoms with van der Waals surface area (Å²) in [4.78, 5) is 12.4. The lowest BCUT2D eigenvalue weighted by Crippen LogP contribution is -2.34. The van der Waals surface area contributed by atoms with Crippen LogP contribution in [0, 0.1) is 0 Å². The Labute approximate surface area is 201 Å². The van der Waals surface area contributed by atoms with Crippen molar-refractivity contribution in [1.82, 2.24) is 5.16 Å². The minimum atomic E-state index is -4.24. The molecule has 0 spiro atoms. The largest absolute Gasteiger partial charge is 0.389 e. The van der Waals surface area contributed by atoms with E-state index in [-0.39, 0.29) is 17.9 Å². The highest BCUT2D eigenvalue weighted by Gasteiger charge is 2.33. The predicted molar refractivity (Wildman–Crippen MR) is 130 cm³/mol. The smallest absolute Gasteiger partial charge is 0.353 e. The quantitative estimate of drug-likeness (QED) is 0.306. The van der Waals surface area contributed by atoms with Gasteiger partial charge in [-0.15, -0.1) is 11.8 Å². The summed E-state index contributed by atoms with van der Waals surface area (Å²) >= 11 is 0.936. The van der Waals surface area contributed by atoms with E-state index in [2.05, 4.69) is 10.5 Å². The molecule has 33 heavy (non-hydrogen) atoms. The molecule has 1 N–H and O–H groups in total. The van der Waals surface area contributed by atoms with Crippen LogP contribution in [0.2, 0.25) is 0 Å². The number of halogens is 3. The zero-order valence-corrected chi connectivity index (χ0v) is 22.6. The topological polar surface area (TPSA) is 73.6 Å². The van der Waals surface area contributed by atoms with Crippen molar-refractivity contribution in [1.29, 1.82) is 0 Å². The van der Waals surface area contributed by atoms with Gasteiger partial charge in [0.1, 0.15) is 0 Å². The Kier molecular flexibility index (Phi) is 16.8. The van der Waals surface area contributed by atoms with Crippen molar-refractivity contribution in [3.63, 3.8) is 0 Å². The Morgan fingerprint density at radius 1 is 1.12 bits per heavy atom. The second-order valence-electron chi connectivity index (χ2n) is 7.74. The first-order valence-corrected chi connectivity index (χ1v) is 12.5. The molecule has 0 aliphatic heterocycles. The van der Waals surface area contributed by atoms with Crippen LogP contribution < -0.4 is 5.32 Å². The van der Waals surface area contributed by atoms with Gasteiger partial charge in [-0.25, -0.2) is 0 Å². The van der Waals surface area contributed by atoms with Gasteiger partial charge < -0.3 is 14.0 Å². The van der Waals surface area contributed by atoms with Crippen LogP contribution in [0.1, 0.15) is 87.8 Å². The molecule has 1 atom stereocenters. The lowest BCUT2D eigenvalue weighted by atomic mass is 9.90. The number of carbonyl (C=O) groups excluding carboxylic acids is 1. The van der Waals surface area contributed by atoms with Crippen LogP contribution in [0.3, 0.4) is 0 Å². The number of amides is 1. The molecule has 1 amide bonds. The third-order valence-electron chi connectivity index (χ3n) is 4.15. The second kappa shape index (κ2) is 16.4. The lowest BCUT2D eigenvalue weighted by molar-refractivity contribution is -0.149. The zero-order chi connectivity index (χ0) is 26.3. The molecule has 0 saturated heterocycles. The highest BCUT2D eigenvalue weighted by molar-refractivity contribution is 8.01. The maximum atomic E-state index is 12.4. The van der Waals surface area contributed by atoms with E-state index in [9.17, 15) is 18.0 Å². The number of carbonyl (C=O) groups is 1. The Morgan fingerprint density at radius 2 is 1.70 bits per heavy atom. The number of ether oxygens (including phenoxy) is 2. The maximum Gasteiger partial charge on any atom is 0.389 e. The van der Waals surface area contributed by atoms with E-state index in [4.69, 9.17) is 14.0 Å². The summed E-state index contributed by atoms with van der Waals surface area (Å²) in [5.41, 5.74) is 0.0928. The fraction of sp³-hybridized carbons (Fsp3) is 0.826. The molecular formula is C23H43F3N2O4S. The number of aromatic nitrogens is 1. The third-order valence-corrected chi connectivity index (χ3v) is 5.47. The summed E-state index contributed by atoms with van der Waals surface area (Å²) in [6.45, 7) is 19.7. The zero-order valence-electron chi connectivity index (χ0n) is 21.8. The van der Waals surface area contributed by atoms with Crippen molar-refractivity contribution >= 4 is 23.6 Å². The van der Waals surface area contributed by atoms with E-state index in [1.54, 1.807) is 19.9 Å². The molecule has 1 aromatic rings. The predicted octanol–water partition coefficient (Wildman–Crippen LogP) is 7.20. The molecule has 0 aromatic carbocycles. The Morgan fingerprint density at radius 3 is 2.18 bits per heavy atom. The highest BCUT2D eigenvalue weighted by atomic mass is 32.2. The van der Waals surface area contributed by atoms with Gasteiger partial charge >= 0.3 is 6.18 Å². The molecule has 0 radical (unpaired) electrons. The normalized spacial score (nSPS) is 12.8. The van der Waals surface area contributed by atoms with Crippen LogP contribution in [-0.4, -0.2) is 47.2 Å². The lowest BCUT2D eigenvalue weighted by Gasteiger charge is -2.25. The van der Waals surface area contributed by atoms with Gasteiger partial charge in [0.15, 0.2) is 6.29 Å². The van der Waals surface area contributed by atoms with E-state index in [1.165, 1.54) is 0 Å². The first-order valence-electron chi connectivity index (χ1n) is 11.5. The van der Waals surface area contributed by atoms with Crippen LogP contribution in [0.5, 0.6) is 0 Å². The van der Waals surface area contributed by atoms with Gasteiger partial charge in [0.2, 0.25) is 11.8 Å². The average molecular weight is 501 g/mol. The number of anilines is 1. The molecule has 0 fully saturated rings. The van der Waals surface area contributed by atoms with Crippen molar-refractivity contribution in [2.45, 2.75) is 105 Å². The van der Waals surface area contributed by atoms with Crippen LogP contribution in [-0.2, 0) is 19.7 Å². The summed E-state index contributed by atoms with van der Waals surface area (Å²) < 4.78 is 52.4. The number of rotatable bonds is 12. The van der Waals surface area contributed by atoms with Crippen LogP contribution in [0.15, 0.2) is 10.6 Å². The molecular weight excluding hydrogens is 457 g/mol. The van der Waals surface area contributed by atoms with Crippen molar-refractivity contribution in [2.75, 3.05) is 24.3 Å². The first-order chi connectivity index (χ1) is 15.3. The molecule has 1 rings (SSSR count). The minimum Gasteiger partial charge on any atom is -0.353 e. The molecule has 196 valence electrons. The van der Waals surface area contributed by atoms with Crippen LogP contribution >= 0.6 is 11.8 Å². The fourth-order valence-electron chi connectivity index (χ4n) is 2.25. The third kappa shape index (κ3) is 13.9. The molecule has 1 heterocycles. The molecule has 0 aliphatic rings. The average Bonchev–Trinajstić information content (AvgIpc) is 3.22.